The molecule has 7 heteroatoms. The smallest absolute Gasteiger partial charge is 0.306 e. The second kappa shape index (κ2) is 11.2. The number of nitrogens with zero attached hydrogens (tertiary/aromatic N) is 2. The Morgan fingerprint density at radius 1 is 1.22 bits per heavy atom. The van der Waals surface area contributed by atoms with E-state index < -0.39 is 5.97 Å². The second-order valence-corrected chi connectivity index (χ2v) is 8.96. The highest BCUT2D eigenvalue weighted by molar-refractivity contribution is 5.81. The lowest BCUT2D eigenvalue weighted by Crippen LogP contribution is -2.45. The monoisotopic (exact) mass is 441 g/mol. The summed E-state index contributed by atoms with van der Waals surface area (Å²) in [6.45, 7) is 6.78. The zero-order valence-corrected chi connectivity index (χ0v) is 19.4. The molecular weight excluding hydrogens is 406 g/mol. The summed E-state index contributed by atoms with van der Waals surface area (Å²) in [6.07, 6.45) is 5.32. The molecule has 1 saturated carbocycles. The van der Waals surface area contributed by atoms with E-state index in [0.717, 1.165) is 36.7 Å². The number of carbonyl (C=O) groups is 2. The topological polar surface area (TPSA) is 90.3 Å². The van der Waals surface area contributed by atoms with Gasteiger partial charge in [-0.05, 0) is 36.8 Å². The van der Waals surface area contributed by atoms with Gasteiger partial charge in [0.1, 0.15) is 5.69 Å². The Kier molecular flexibility index (Phi) is 8.42. The van der Waals surface area contributed by atoms with Gasteiger partial charge >= 0.3 is 5.97 Å². The van der Waals surface area contributed by atoms with Crippen molar-refractivity contribution < 1.29 is 14.3 Å². The maximum absolute atomic E-state index is 12.9. The quantitative estimate of drug-likeness (QED) is 0.601. The van der Waals surface area contributed by atoms with Gasteiger partial charge < -0.3 is 14.6 Å². The van der Waals surface area contributed by atoms with Crippen molar-refractivity contribution in [2.45, 2.75) is 78.3 Å². The highest BCUT2D eigenvalue weighted by Gasteiger charge is 2.28. The zero-order chi connectivity index (χ0) is 23.1. The molecule has 1 aromatic heterocycles. The van der Waals surface area contributed by atoms with Gasteiger partial charge in [0.05, 0.1) is 17.5 Å². The van der Waals surface area contributed by atoms with E-state index in [4.69, 9.17) is 4.74 Å². The van der Waals surface area contributed by atoms with Crippen LogP contribution >= 0.6 is 0 Å². The molecule has 1 amide bonds. The molecule has 3 unspecified atom stereocenters. The van der Waals surface area contributed by atoms with E-state index in [9.17, 15) is 14.4 Å². The fourth-order valence-electron chi connectivity index (χ4n) is 4.42. The molecule has 1 heterocycles. The number of aryl methyl sites for hydroxylation is 2. The van der Waals surface area contributed by atoms with Crippen LogP contribution < -0.4 is 10.9 Å². The molecule has 1 aliphatic rings. The summed E-state index contributed by atoms with van der Waals surface area (Å²) in [7, 11) is 0. The highest BCUT2D eigenvalue weighted by atomic mass is 16.5. The van der Waals surface area contributed by atoms with Gasteiger partial charge in [-0.3, -0.25) is 14.4 Å². The summed E-state index contributed by atoms with van der Waals surface area (Å²) in [5, 5.41) is 3.00. The predicted octanol–water partition coefficient (Wildman–Crippen LogP) is 3.61. The molecule has 3 rings (SSSR count). The minimum Gasteiger partial charge on any atom is -0.456 e. The summed E-state index contributed by atoms with van der Waals surface area (Å²) in [4.78, 5) is 41.9. The highest BCUT2D eigenvalue weighted by Crippen LogP contribution is 2.29. The minimum atomic E-state index is -0.500. The summed E-state index contributed by atoms with van der Waals surface area (Å²) < 4.78 is 6.91. The lowest BCUT2D eigenvalue weighted by Gasteiger charge is -2.34. The van der Waals surface area contributed by atoms with Gasteiger partial charge in [-0.15, -0.1) is 0 Å². The summed E-state index contributed by atoms with van der Waals surface area (Å²) in [6, 6.07) is 7.67. The van der Waals surface area contributed by atoms with Crippen molar-refractivity contribution >= 4 is 22.9 Å². The Morgan fingerprint density at radius 3 is 2.78 bits per heavy atom. The molecule has 0 spiro atoms. The number of hydrogen-bond donors (Lipinski definition) is 1. The van der Waals surface area contributed by atoms with Gasteiger partial charge in [-0.1, -0.05) is 52.2 Å². The second-order valence-electron chi connectivity index (χ2n) is 8.96. The molecular formula is C25H35N3O4. The number of benzene rings is 1. The lowest BCUT2D eigenvalue weighted by atomic mass is 9.78. The number of para-hydroxylation sites is 2. The summed E-state index contributed by atoms with van der Waals surface area (Å²) in [5.41, 5.74) is 1.73. The zero-order valence-electron chi connectivity index (χ0n) is 19.4. The maximum Gasteiger partial charge on any atom is 0.306 e. The van der Waals surface area contributed by atoms with Crippen molar-refractivity contribution in [2.75, 3.05) is 6.61 Å². The first kappa shape index (κ1) is 24.0. The van der Waals surface area contributed by atoms with Crippen molar-refractivity contribution in [2.24, 2.45) is 11.8 Å². The number of aromatic nitrogens is 2. The van der Waals surface area contributed by atoms with Gasteiger partial charge in [0, 0.05) is 19.0 Å². The van der Waals surface area contributed by atoms with Crippen LogP contribution in [0.3, 0.4) is 0 Å². The van der Waals surface area contributed by atoms with Gasteiger partial charge in [0.2, 0.25) is 0 Å². The van der Waals surface area contributed by atoms with Crippen LogP contribution in [0.2, 0.25) is 0 Å². The van der Waals surface area contributed by atoms with Crippen molar-refractivity contribution in [1.29, 1.82) is 0 Å². The number of hydrogen-bond acceptors (Lipinski definition) is 5. The number of ether oxygens (including phenoxy) is 1. The normalized spacial score (nSPS) is 20.8. The first-order valence-electron chi connectivity index (χ1n) is 11.8. The number of carbonyl (C=O) groups excluding carboxylic acids is 2. The molecule has 0 bridgehead atoms. The molecule has 174 valence electrons. The van der Waals surface area contributed by atoms with Gasteiger partial charge in [-0.2, -0.15) is 0 Å². The third kappa shape index (κ3) is 5.96. The van der Waals surface area contributed by atoms with Crippen molar-refractivity contribution in [3.8, 4) is 0 Å². The van der Waals surface area contributed by atoms with E-state index >= 15 is 0 Å². The standard InChI is InChI=1S/C25H35N3O4/c1-4-5-15-28-22-12-7-6-10-20(22)26-21(25(28)31)13-14-24(30)32-16-23(29)27-19-11-8-9-17(2)18(19)3/h6-7,10,12,17-19H,4-5,8-9,11,13-16H2,1-3H3,(H,27,29). The molecule has 1 N–H and O–H groups in total. The molecule has 0 aliphatic heterocycles. The molecule has 3 atom stereocenters. The third-order valence-electron chi connectivity index (χ3n) is 6.64. The first-order valence-corrected chi connectivity index (χ1v) is 11.8. The average Bonchev–Trinajstić information content (AvgIpc) is 2.79. The first-order chi connectivity index (χ1) is 15.4. The van der Waals surface area contributed by atoms with Crippen LogP contribution in [0.5, 0.6) is 0 Å². The number of nitrogens with one attached hydrogen (secondary N) is 1. The molecule has 1 aromatic carbocycles. The predicted molar refractivity (Wildman–Crippen MR) is 124 cm³/mol. The van der Waals surface area contributed by atoms with Crippen LogP contribution in [-0.4, -0.2) is 34.1 Å². The Labute approximate surface area is 189 Å². The molecule has 0 saturated heterocycles. The molecule has 0 radical (unpaired) electrons. The fraction of sp³-hybridized carbons (Fsp3) is 0.600. The number of esters is 1. The minimum absolute atomic E-state index is 0.0124. The van der Waals surface area contributed by atoms with E-state index in [2.05, 4.69) is 31.1 Å². The molecule has 7 nitrogen and oxygen atoms in total. The number of fused-ring (bicyclic) bond motifs is 1. The molecule has 32 heavy (non-hydrogen) atoms. The Balaban J connectivity index is 1.56. The molecule has 1 fully saturated rings. The van der Waals surface area contributed by atoms with Gasteiger partial charge in [0.15, 0.2) is 6.61 Å². The fourth-order valence-corrected chi connectivity index (χ4v) is 4.42. The SMILES string of the molecule is CCCCn1c(=O)c(CCC(=O)OCC(=O)NC2CCCC(C)C2C)nc2ccccc21. The van der Waals surface area contributed by atoms with E-state index in [0.29, 0.717) is 24.1 Å². The number of amides is 1. The van der Waals surface area contributed by atoms with Crippen molar-refractivity contribution in [3.05, 3.63) is 40.3 Å². The lowest BCUT2D eigenvalue weighted by molar-refractivity contribution is -0.148. The summed E-state index contributed by atoms with van der Waals surface area (Å²) in [5.74, 6) is 0.222. The van der Waals surface area contributed by atoms with Gasteiger partial charge in [0.25, 0.3) is 11.5 Å². The maximum atomic E-state index is 12.9. The third-order valence-corrected chi connectivity index (χ3v) is 6.64. The van der Waals surface area contributed by atoms with Crippen LogP contribution in [0.4, 0.5) is 0 Å². The Hall–Kier alpha value is -2.70. The van der Waals surface area contributed by atoms with Crippen LogP contribution in [0.25, 0.3) is 11.0 Å². The van der Waals surface area contributed by atoms with Crippen LogP contribution in [0.15, 0.2) is 29.1 Å². The van der Waals surface area contributed by atoms with E-state index in [1.165, 1.54) is 6.42 Å². The molecule has 2 aromatic rings. The van der Waals surface area contributed by atoms with E-state index in [1.54, 1.807) is 4.57 Å². The Bertz CT molecular complexity index is 1000. The van der Waals surface area contributed by atoms with Crippen LogP contribution in [0, 0.1) is 11.8 Å². The van der Waals surface area contributed by atoms with E-state index in [1.807, 2.05) is 24.3 Å². The van der Waals surface area contributed by atoms with Gasteiger partial charge in [-0.25, -0.2) is 4.98 Å². The van der Waals surface area contributed by atoms with Crippen LogP contribution in [0.1, 0.15) is 65.0 Å². The number of unbranched alkanes of at least 4 members (excludes halogenated alkanes) is 1. The number of rotatable bonds is 9. The summed E-state index contributed by atoms with van der Waals surface area (Å²) >= 11 is 0. The van der Waals surface area contributed by atoms with E-state index in [-0.39, 0.29) is 37.0 Å². The van der Waals surface area contributed by atoms with Crippen molar-refractivity contribution in [1.82, 2.24) is 14.9 Å². The molecule has 1 aliphatic carbocycles. The van der Waals surface area contributed by atoms with Crippen LogP contribution in [-0.2, 0) is 27.3 Å². The average molecular weight is 442 g/mol. The van der Waals surface area contributed by atoms with Crippen molar-refractivity contribution in [3.63, 3.8) is 0 Å². The largest absolute Gasteiger partial charge is 0.456 e. The Morgan fingerprint density at radius 2 is 2.00 bits per heavy atom.